The Bertz CT molecular complexity index is 676. The van der Waals surface area contributed by atoms with Gasteiger partial charge in [0.1, 0.15) is 10.7 Å². The van der Waals surface area contributed by atoms with E-state index in [1.165, 1.54) is 26.4 Å². The first kappa shape index (κ1) is 14.5. The predicted molar refractivity (Wildman–Crippen MR) is 75.6 cm³/mol. The van der Waals surface area contributed by atoms with Crippen LogP contribution in [0.5, 0.6) is 0 Å². The second-order valence-corrected chi connectivity index (χ2v) is 6.65. The van der Waals surface area contributed by atoms with Gasteiger partial charge in [-0.25, -0.2) is 17.7 Å². The topological polar surface area (TPSA) is 80.1 Å². The average molecular weight is 295 g/mol. The fourth-order valence-corrected chi connectivity index (χ4v) is 2.43. The molecular formula is C12H17N5O2S. The van der Waals surface area contributed by atoms with Crippen LogP contribution in [0.15, 0.2) is 35.5 Å². The lowest BCUT2D eigenvalue weighted by atomic mass is 10.4. The molecule has 0 aliphatic carbocycles. The zero-order valence-electron chi connectivity index (χ0n) is 11.6. The van der Waals surface area contributed by atoms with Crippen LogP contribution < -0.4 is 5.32 Å². The van der Waals surface area contributed by atoms with Gasteiger partial charge in [0.15, 0.2) is 0 Å². The molecule has 1 N–H and O–H groups in total. The van der Waals surface area contributed by atoms with E-state index in [2.05, 4.69) is 15.4 Å². The van der Waals surface area contributed by atoms with Crippen LogP contribution in [0.1, 0.15) is 5.69 Å². The van der Waals surface area contributed by atoms with Crippen LogP contribution in [0.4, 0.5) is 5.82 Å². The monoisotopic (exact) mass is 295 g/mol. The molecule has 0 spiro atoms. The first-order chi connectivity index (χ1) is 9.39. The Morgan fingerprint density at radius 1 is 1.30 bits per heavy atom. The molecule has 0 saturated carbocycles. The molecule has 2 aromatic rings. The van der Waals surface area contributed by atoms with Gasteiger partial charge in [0.25, 0.3) is 0 Å². The third kappa shape index (κ3) is 3.14. The van der Waals surface area contributed by atoms with Crippen molar-refractivity contribution in [1.82, 2.24) is 19.1 Å². The van der Waals surface area contributed by atoms with Gasteiger partial charge in [0.2, 0.25) is 10.0 Å². The number of nitrogens with one attached hydrogen (secondary N) is 1. The molecule has 0 fully saturated rings. The highest BCUT2D eigenvalue weighted by Crippen LogP contribution is 2.14. The smallest absolute Gasteiger partial charge is 0.244 e. The number of hydrogen-bond acceptors (Lipinski definition) is 5. The second-order valence-electron chi connectivity index (χ2n) is 4.50. The Kier molecular flexibility index (Phi) is 4.05. The van der Waals surface area contributed by atoms with Crippen molar-refractivity contribution in [1.29, 1.82) is 0 Å². The number of pyridine rings is 1. The van der Waals surface area contributed by atoms with E-state index in [-0.39, 0.29) is 4.90 Å². The number of rotatable bonds is 5. The minimum atomic E-state index is -3.43. The first-order valence-corrected chi connectivity index (χ1v) is 7.44. The molecule has 108 valence electrons. The third-order valence-corrected chi connectivity index (χ3v) is 4.53. The quantitative estimate of drug-likeness (QED) is 0.877. The van der Waals surface area contributed by atoms with Crippen LogP contribution in [-0.2, 0) is 23.6 Å². The van der Waals surface area contributed by atoms with Gasteiger partial charge in [-0.1, -0.05) is 0 Å². The van der Waals surface area contributed by atoms with Crippen LogP contribution in [0.3, 0.4) is 0 Å². The Balaban J connectivity index is 2.05. The van der Waals surface area contributed by atoms with E-state index < -0.39 is 10.0 Å². The Hall–Kier alpha value is -1.93. The molecule has 2 heterocycles. The van der Waals surface area contributed by atoms with Crippen LogP contribution in [0.25, 0.3) is 0 Å². The van der Waals surface area contributed by atoms with E-state index in [1.54, 1.807) is 10.7 Å². The fourth-order valence-electron chi connectivity index (χ4n) is 1.59. The van der Waals surface area contributed by atoms with Crippen molar-refractivity contribution < 1.29 is 8.42 Å². The molecule has 0 bridgehead atoms. The molecule has 0 unspecified atom stereocenters. The third-order valence-electron chi connectivity index (χ3n) is 2.73. The largest absolute Gasteiger partial charge is 0.364 e. The maximum Gasteiger partial charge on any atom is 0.244 e. The maximum absolute atomic E-state index is 11.9. The Morgan fingerprint density at radius 2 is 2.05 bits per heavy atom. The standard InChI is InChI=1S/C12H17N5O2S/c1-16(2)20(18,19)11-4-5-12(14-9-11)13-8-10-6-7-17(3)15-10/h4-7,9H,8H2,1-3H3,(H,13,14). The van der Waals surface area contributed by atoms with Gasteiger partial charge in [-0.05, 0) is 18.2 Å². The van der Waals surface area contributed by atoms with Crippen molar-refractivity contribution in [2.24, 2.45) is 7.05 Å². The minimum Gasteiger partial charge on any atom is -0.364 e. The number of aryl methyl sites for hydroxylation is 1. The van der Waals surface area contributed by atoms with Gasteiger partial charge in [-0.15, -0.1) is 0 Å². The van der Waals surface area contributed by atoms with Crippen molar-refractivity contribution in [3.8, 4) is 0 Å². The molecular weight excluding hydrogens is 278 g/mol. The van der Waals surface area contributed by atoms with E-state index >= 15 is 0 Å². The van der Waals surface area contributed by atoms with Gasteiger partial charge in [-0.2, -0.15) is 5.10 Å². The summed E-state index contributed by atoms with van der Waals surface area (Å²) in [6, 6.07) is 5.07. The van der Waals surface area contributed by atoms with Gasteiger partial charge in [-0.3, -0.25) is 4.68 Å². The summed E-state index contributed by atoms with van der Waals surface area (Å²) in [5, 5.41) is 7.32. The molecule has 0 saturated heterocycles. The van der Waals surface area contributed by atoms with Crippen molar-refractivity contribution in [2.45, 2.75) is 11.4 Å². The van der Waals surface area contributed by atoms with Crippen LogP contribution in [0, 0.1) is 0 Å². The van der Waals surface area contributed by atoms with Gasteiger partial charge in [0, 0.05) is 33.5 Å². The predicted octanol–water partition coefficient (Wildman–Crippen LogP) is 0.677. The molecule has 7 nitrogen and oxygen atoms in total. The fraction of sp³-hybridized carbons (Fsp3) is 0.333. The van der Waals surface area contributed by atoms with Crippen molar-refractivity contribution in [3.63, 3.8) is 0 Å². The summed E-state index contributed by atoms with van der Waals surface area (Å²) in [6.07, 6.45) is 3.20. The normalized spacial score (nSPS) is 11.8. The molecule has 0 aromatic carbocycles. The van der Waals surface area contributed by atoms with E-state index in [4.69, 9.17) is 0 Å². The summed E-state index contributed by atoms with van der Waals surface area (Å²) in [5.41, 5.74) is 0.888. The second kappa shape index (κ2) is 5.59. The average Bonchev–Trinajstić information content (AvgIpc) is 2.82. The van der Waals surface area contributed by atoms with Crippen LogP contribution in [-0.4, -0.2) is 41.6 Å². The minimum absolute atomic E-state index is 0.172. The SMILES string of the molecule is CN(C)S(=O)(=O)c1ccc(NCc2ccn(C)n2)nc1. The summed E-state index contributed by atoms with van der Waals surface area (Å²) in [7, 11) is 1.40. The number of nitrogens with zero attached hydrogens (tertiary/aromatic N) is 4. The van der Waals surface area contributed by atoms with E-state index in [0.717, 1.165) is 10.00 Å². The highest BCUT2D eigenvalue weighted by Gasteiger charge is 2.17. The van der Waals surface area contributed by atoms with Gasteiger partial charge < -0.3 is 5.32 Å². The number of hydrogen-bond donors (Lipinski definition) is 1. The Labute approximate surface area is 118 Å². The lowest BCUT2D eigenvalue weighted by Crippen LogP contribution is -2.22. The summed E-state index contributed by atoms with van der Waals surface area (Å²) >= 11 is 0. The summed E-state index contributed by atoms with van der Waals surface area (Å²) < 4.78 is 26.6. The Morgan fingerprint density at radius 3 is 2.55 bits per heavy atom. The van der Waals surface area contributed by atoms with E-state index in [9.17, 15) is 8.42 Å². The van der Waals surface area contributed by atoms with Crippen molar-refractivity contribution in [2.75, 3.05) is 19.4 Å². The molecule has 8 heteroatoms. The number of aromatic nitrogens is 3. The highest BCUT2D eigenvalue weighted by atomic mass is 32.2. The maximum atomic E-state index is 11.9. The zero-order chi connectivity index (χ0) is 14.8. The summed E-state index contributed by atoms with van der Waals surface area (Å²) in [5.74, 6) is 0.605. The molecule has 2 rings (SSSR count). The van der Waals surface area contributed by atoms with Crippen molar-refractivity contribution in [3.05, 3.63) is 36.3 Å². The molecule has 0 radical (unpaired) electrons. The van der Waals surface area contributed by atoms with Crippen molar-refractivity contribution >= 4 is 15.8 Å². The lowest BCUT2D eigenvalue weighted by molar-refractivity contribution is 0.520. The van der Waals surface area contributed by atoms with Crippen LogP contribution in [0.2, 0.25) is 0 Å². The molecule has 0 aliphatic heterocycles. The summed E-state index contributed by atoms with van der Waals surface area (Å²) in [6.45, 7) is 0.535. The van der Waals surface area contributed by atoms with Gasteiger partial charge >= 0.3 is 0 Å². The van der Waals surface area contributed by atoms with E-state index in [1.807, 2.05) is 19.3 Å². The highest BCUT2D eigenvalue weighted by molar-refractivity contribution is 7.89. The molecule has 20 heavy (non-hydrogen) atoms. The lowest BCUT2D eigenvalue weighted by Gasteiger charge is -2.11. The van der Waals surface area contributed by atoms with Gasteiger partial charge in [0.05, 0.1) is 12.2 Å². The first-order valence-electron chi connectivity index (χ1n) is 6.00. The summed E-state index contributed by atoms with van der Waals surface area (Å²) in [4.78, 5) is 4.27. The van der Waals surface area contributed by atoms with Crippen LogP contribution >= 0.6 is 0 Å². The molecule has 0 aliphatic rings. The molecule has 0 amide bonds. The molecule has 0 atom stereocenters. The molecule has 2 aromatic heterocycles. The zero-order valence-corrected chi connectivity index (χ0v) is 12.4. The number of anilines is 1. The van der Waals surface area contributed by atoms with E-state index in [0.29, 0.717) is 12.4 Å². The number of sulfonamides is 1.